The van der Waals surface area contributed by atoms with E-state index in [0.717, 1.165) is 14.0 Å². The zero-order chi connectivity index (χ0) is 41.4. The van der Waals surface area contributed by atoms with E-state index < -0.39 is 89.5 Å². The summed E-state index contributed by atoms with van der Waals surface area (Å²) < 4.78 is 22.2. The summed E-state index contributed by atoms with van der Waals surface area (Å²) in [5, 5.41) is 60.4. The van der Waals surface area contributed by atoms with Crippen LogP contribution in [0.5, 0.6) is 11.5 Å². The third-order valence-corrected chi connectivity index (χ3v) is 10.4. The Labute approximate surface area is 318 Å². The van der Waals surface area contributed by atoms with Gasteiger partial charge in [0.2, 0.25) is 6.79 Å². The highest BCUT2D eigenvalue weighted by molar-refractivity contribution is 6.21. The van der Waals surface area contributed by atoms with Crippen molar-refractivity contribution in [3.8, 4) is 11.5 Å². The molecule has 5 rings (SSSR count). The summed E-state index contributed by atoms with van der Waals surface area (Å²) in [4.78, 5) is 66.4. The number of hydrogen-bond donors (Lipinski definition) is 6. The van der Waals surface area contributed by atoms with Crippen LogP contribution in [0.3, 0.4) is 0 Å². The van der Waals surface area contributed by atoms with Crippen LogP contribution >= 0.6 is 0 Å². The number of benzene rings is 1. The van der Waals surface area contributed by atoms with E-state index in [4.69, 9.17) is 18.9 Å². The number of ether oxygens (including phenoxy) is 4. The number of aliphatic hydroxyl groups is 4. The number of nitrogens with one attached hydrogen (secondary N) is 1. The zero-order valence-electron chi connectivity index (χ0n) is 32.5. The smallest absolute Gasteiger partial charge is 0.313 e. The number of amides is 1. The first-order chi connectivity index (χ1) is 25.6. The largest absolute Gasteiger partial charge is 0.505 e. The van der Waals surface area contributed by atoms with E-state index in [9.17, 15) is 49.5 Å². The van der Waals surface area contributed by atoms with Gasteiger partial charge in [-0.15, -0.1) is 0 Å². The van der Waals surface area contributed by atoms with Crippen molar-refractivity contribution in [2.75, 3.05) is 19.2 Å². The average molecular weight is 768 g/mol. The number of methoxy groups -OCH3 is 1. The van der Waals surface area contributed by atoms with Crippen LogP contribution in [0.2, 0.25) is 0 Å². The summed E-state index contributed by atoms with van der Waals surface area (Å²) in [6.07, 6.45) is 0.0247. The predicted molar refractivity (Wildman–Crippen MR) is 197 cm³/mol. The van der Waals surface area contributed by atoms with Crippen LogP contribution in [0, 0.1) is 30.6 Å². The molecular formula is C40H49NO14. The highest BCUT2D eigenvalue weighted by Crippen LogP contribution is 2.53. The fraction of sp³-hybridized carbons (Fsp3) is 0.475. The topological polar surface area (TPSA) is 235 Å². The Hall–Kier alpha value is -5.09. The minimum absolute atomic E-state index is 0.00714. The van der Waals surface area contributed by atoms with Gasteiger partial charge < -0.3 is 49.8 Å². The number of Topliss-reactive ketones (excluding diaryl/α,β-unsaturated/α-hetero) is 2. The van der Waals surface area contributed by atoms with Gasteiger partial charge in [0.25, 0.3) is 5.91 Å². The molecule has 1 amide bonds. The molecule has 3 aliphatic heterocycles. The molecule has 8 atom stereocenters. The number of aliphatic hydroxyl groups excluding tert-OH is 3. The SMILES string of the molecule is COC(=O)[C@H]1[C@H](O)[C@H](C)[C@@H](O)[C@](C)(O)/C=C(\C)C2=C3C(=C(C)C(=O)c4c(O)c(c(C)c(OC(C)=O)c43)NC(=O)/C(C)=C/C=C\[C@@H](C)C(=O)[C@@H](C)[C@@H]1O)OCO2. The number of carbonyl (C=O) groups is 5. The minimum Gasteiger partial charge on any atom is -0.505 e. The molecule has 0 saturated heterocycles. The second-order valence-electron chi connectivity index (χ2n) is 14.5. The molecule has 0 fully saturated rings. The van der Waals surface area contributed by atoms with E-state index in [0.29, 0.717) is 0 Å². The summed E-state index contributed by atoms with van der Waals surface area (Å²) in [6, 6.07) is 0. The Bertz CT molecular complexity index is 1960. The number of fused-ring (bicyclic) bond motifs is 14. The number of phenols is 1. The first kappa shape index (κ1) is 42.6. The molecule has 4 aliphatic rings. The van der Waals surface area contributed by atoms with E-state index in [1.54, 1.807) is 0 Å². The van der Waals surface area contributed by atoms with Crippen molar-refractivity contribution in [2.24, 2.45) is 23.7 Å². The number of anilines is 1. The quantitative estimate of drug-likeness (QED) is 0.144. The molecule has 0 radical (unpaired) electrons. The van der Waals surface area contributed by atoms with E-state index in [1.807, 2.05) is 0 Å². The van der Waals surface area contributed by atoms with Crippen LogP contribution in [0.15, 0.2) is 52.5 Å². The van der Waals surface area contributed by atoms with Crippen LogP contribution in [-0.2, 0) is 33.4 Å². The minimum atomic E-state index is -2.19. The highest BCUT2D eigenvalue weighted by atomic mass is 16.7. The standard InChI is InChI=1S/C40H49NO14/c1-16-12-11-13-17(2)38(49)41-28-19(4)36(55-23(8)42)24-25(33(28)47)31(45)21(6)35-26(24)34(53-15-54-35)18(3)14-40(9,51)37(48)22(7)32(46)27(39(50)52-10)30(44)20(5)29(16)43/h11-14,16,20,22,27,30,32,37,44,46-48,51H,15H2,1-10H3,(H,41,49)/b12-11-,17-13+,18-14+/t16-,20-,22+,27-,30+,32-,37-,40-/m1/s1. The molecule has 15 nitrogen and oxygen atoms in total. The maximum atomic E-state index is 14.0. The van der Waals surface area contributed by atoms with E-state index in [2.05, 4.69) is 5.32 Å². The van der Waals surface area contributed by atoms with Crippen molar-refractivity contribution in [1.29, 1.82) is 0 Å². The third-order valence-electron chi connectivity index (χ3n) is 10.4. The van der Waals surface area contributed by atoms with Gasteiger partial charge in [0.05, 0.1) is 42.2 Å². The second-order valence-corrected chi connectivity index (χ2v) is 14.5. The fourth-order valence-corrected chi connectivity index (χ4v) is 7.13. The van der Waals surface area contributed by atoms with Gasteiger partial charge in [-0.3, -0.25) is 24.0 Å². The summed E-state index contributed by atoms with van der Waals surface area (Å²) >= 11 is 0. The lowest BCUT2D eigenvalue weighted by molar-refractivity contribution is -0.166. The zero-order valence-corrected chi connectivity index (χ0v) is 32.5. The lowest BCUT2D eigenvalue weighted by atomic mass is 9.75. The predicted octanol–water partition coefficient (Wildman–Crippen LogP) is 3.31. The van der Waals surface area contributed by atoms with Crippen LogP contribution in [-0.4, -0.2) is 92.8 Å². The number of hydrogen-bond acceptors (Lipinski definition) is 14. The van der Waals surface area contributed by atoms with Crippen LogP contribution in [0.1, 0.15) is 76.9 Å². The van der Waals surface area contributed by atoms with Gasteiger partial charge in [-0.05, 0) is 46.3 Å². The Balaban J connectivity index is 2.07. The lowest BCUT2D eigenvalue weighted by Crippen LogP contribution is -2.52. The Kier molecular flexibility index (Phi) is 12.7. The Morgan fingerprint density at radius 1 is 0.945 bits per heavy atom. The van der Waals surface area contributed by atoms with Crippen molar-refractivity contribution >= 4 is 40.7 Å². The molecule has 3 heterocycles. The number of rotatable bonds is 2. The molecule has 0 spiro atoms. The van der Waals surface area contributed by atoms with Gasteiger partial charge in [-0.25, -0.2) is 0 Å². The third kappa shape index (κ3) is 8.01. The average Bonchev–Trinajstić information content (AvgIpc) is 3.13. The summed E-state index contributed by atoms with van der Waals surface area (Å²) in [5.74, 6) is -9.80. The molecule has 1 aromatic carbocycles. The molecule has 0 aromatic heterocycles. The van der Waals surface area contributed by atoms with E-state index in [-0.39, 0.29) is 61.9 Å². The van der Waals surface area contributed by atoms with Crippen LogP contribution in [0.25, 0.3) is 5.57 Å². The van der Waals surface area contributed by atoms with E-state index >= 15 is 0 Å². The van der Waals surface area contributed by atoms with Gasteiger partial charge in [0.15, 0.2) is 11.5 Å². The van der Waals surface area contributed by atoms with Gasteiger partial charge in [-0.2, -0.15) is 0 Å². The number of ketones is 2. The molecule has 4 bridgehead atoms. The second kappa shape index (κ2) is 16.3. The molecule has 0 unspecified atom stereocenters. The molecule has 1 aromatic rings. The van der Waals surface area contributed by atoms with Crippen molar-refractivity contribution < 1.29 is 68.5 Å². The number of allylic oxidation sites excluding steroid dienone is 6. The van der Waals surface area contributed by atoms with Crippen molar-refractivity contribution in [3.05, 3.63) is 69.2 Å². The number of phenolic OH excluding ortho intramolecular Hbond substituents is 1. The number of carbonyl (C=O) groups excluding carboxylic acids is 5. The Morgan fingerprint density at radius 3 is 2.16 bits per heavy atom. The monoisotopic (exact) mass is 767 g/mol. The van der Waals surface area contributed by atoms with Gasteiger partial charge in [0, 0.05) is 47.0 Å². The van der Waals surface area contributed by atoms with Gasteiger partial charge in [0.1, 0.15) is 34.6 Å². The fourth-order valence-electron chi connectivity index (χ4n) is 7.13. The molecule has 55 heavy (non-hydrogen) atoms. The first-order valence-corrected chi connectivity index (χ1v) is 17.7. The normalized spacial score (nSPS) is 32.0. The summed E-state index contributed by atoms with van der Waals surface area (Å²) in [6.45, 7) is 12.0. The highest BCUT2D eigenvalue weighted by Gasteiger charge is 2.47. The number of esters is 2. The van der Waals surface area contributed by atoms with Crippen molar-refractivity contribution in [3.63, 3.8) is 0 Å². The molecule has 298 valence electrons. The first-order valence-electron chi connectivity index (χ1n) is 17.7. The van der Waals surface area contributed by atoms with Crippen molar-refractivity contribution in [2.45, 2.75) is 86.2 Å². The van der Waals surface area contributed by atoms with Crippen molar-refractivity contribution in [1.82, 2.24) is 0 Å². The molecule has 0 saturated carbocycles. The molecule has 1 aliphatic carbocycles. The summed E-state index contributed by atoms with van der Waals surface area (Å²) in [7, 11) is 1.04. The summed E-state index contributed by atoms with van der Waals surface area (Å²) in [5.41, 5.74) is -2.46. The lowest BCUT2D eigenvalue weighted by Gasteiger charge is -2.38. The molecule has 6 N–H and O–H groups in total. The van der Waals surface area contributed by atoms with Gasteiger partial charge >= 0.3 is 11.9 Å². The van der Waals surface area contributed by atoms with Gasteiger partial charge in [-0.1, -0.05) is 39.0 Å². The van der Waals surface area contributed by atoms with Crippen LogP contribution in [0.4, 0.5) is 5.69 Å². The number of aromatic hydroxyl groups is 1. The van der Waals surface area contributed by atoms with Crippen LogP contribution < -0.4 is 10.1 Å². The Morgan fingerprint density at radius 2 is 1.56 bits per heavy atom. The molecular weight excluding hydrogens is 718 g/mol. The maximum absolute atomic E-state index is 14.0. The molecule has 15 heteroatoms. The van der Waals surface area contributed by atoms with E-state index in [1.165, 1.54) is 79.7 Å². The maximum Gasteiger partial charge on any atom is 0.313 e.